The van der Waals surface area contributed by atoms with Gasteiger partial charge in [-0.2, -0.15) is 13.2 Å². The number of benzene rings is 4. The Morgan fingerprint density at radius 3 is 1.22 bits per heavy atom. The number of aryl methyl sites for hydroxylation is 13. The molecule has 0 fully saturated rings. The summed E-state index contributed by atoms with van der Waals surface area (Å²) in [6.45, 7) is 36.1. The monoisotopic (exact) mass is 2140 g/mol. The number of carboxylic acids is 1. The van der Waals surface area contributed by atoms with Crippen LogP contribution in [-0.4, -0.2) is 158 Å². The van der Waals surface area contributed by atoms with Gasteiger partial charge in [0.15, 0.2) is 34.7 Å². The number of esters is 2. The fourth-order valence-corrected chi connectivity index (χ4v) is 18.2. The van der Waals surface area contributed by atoms with Crippen LogP contribution >= 0.6 is 15.9 Å². The number of nitrogens with one attached hydrogen (secondary N) is 2. The van der Waals surface area contributed by atoms with E-state index in [1.165, 1.54) is 38.5 Å². The summed E-state index contributed by atoms with van der Waals surface area (Å²) < 4.78 is 167. The van der Waals surface area contributed by atoms with Gasteiger partial charge in [0, 0.05) is 43.4 Å². The number of imidazole rings is 6. The molecule has 13 aromatic heterocycles. The van der Waals surface area contributed by atoms with Crippen molar-refractivity contribution in [3.8, 4) is 0 Å². The van der Waals surface area contributed by atoms with Crippen LogP contribution in [0.25, 0.3) is 33.9 Å². The molecule has 4 aromatic carbocycles. The number of hydrogen-bond acceptors (Lipinski definition) is 24. The van der Waals surface area contributed by atoms with Crippen molar-refractivity contribution in [2.75, 3.05) is 38.6 Å². The van der Waals surface area contributed by atoms with Crippen LogP contribution in [-0.2, 0) is 71.3 Å². The summed E-state index contributed by atoms with van der Waals surface area (Å²) in [7, 11) is -9.52. The molecule has 1 unspecified atom stereocenters. The Bertz CT molecular complexity index is 8070. The third-order valence-corrected chi connectivity index (χ3v) is 26.6. The molecule has 0 bridgehead atoms. The summed E-state index contributed by atoms with van der Waals surface area (Å²) in [5, 5.41) is 11.5. The number of fused-ring (bicyclic) bond motifs is 6. The highest BCUT2D eigenvalue weighted by molar-refractivity contribution is 9.10. The highest BCUT2D eigenvalue weighted by atomic mass is 79.9. The number of aromatic nitrogens is 13. The number of aromatic carboxylic acids is 1. The van der Waals surface area contributed by atoms with Gasteiger partial charge in [0.2, 0.25) is 0 Å². The van der Waals surface area contributed by atoms with Gasteiger partial charge in [-0.05, 0) is 280 Å². The molecule has 147 heavy (non-hydrogen) atoms. The Labute approximate surface area is 855 Å². The van der Waals surface area contributed by atoms with E-state index < -0.39 is 106 Å². The topological polar surface area (TPSA) is 435 Å². The van der Waals surface area contributed by atoms with Crippen molar-refractivity contribution in [1.29, 1.82) is 0 Å². The van der Waals surface area contributed by atoms with Gasteiger partial charge in [0.1, 0.15) is 56.7 Å². The second-order valence-corrected chi connectivity index (χ2v) is 42.3. The average molecular weight is 2140 g/mol. The molecule has 0 radical (unpaired) electrons. The molecule has 1 atom stereocenters. The van der Waals surface area contributed by atoms with Crippen molar-refractivity contribution >= 4 is 145 Å². The Kier molecular flexibility index (Phi) is 36.5. The van der Waals surface area contributed by atoms with E-state index in [1.54, 1.807) is 153 Å². The fraction of sp³-hybridized carbons (Fsp3) is 0.260. The molecular weight excluding hydrogens is 2030 g/mol. The predicted molar refractivity (Wildman–Crippen MR) is 556 cm³/mol. The van der Waals surface area contributed by atoms with E-state index in [0.717, 1.165) is 77.7 Å². The number of carbonyl (C=O) groups is 6. The number of amides is 2. The number of ether oxygens (including phenoxy) is 4. The lowest BCUT2D eigenvalue weighted by Crippen LogP contribution is -2.41. The number of alkyl halides is 4. The summed E-state index contributed by atoms with van der Waals surface area (Å²) >= 11 is 2.93. The van der Waals surface area contributed by atoms with Crippen molar-refractivity contribution < 1.29 is 95.6 Å². The molecule has 0 spiro atoms. The standard InChI is InChI=1S/C23H19F4N3O2S.C20H23N3O4S.C15H15N3O2S.C14H19N3O2.C11H12N2O2.C10H10N2O2.C6H8N2.C5H7BrO3/c1-15-8-11-21-28-22(16(2)29(21)13-15)30(33(31,32)18-6-4-3-5-7-18)14-17-9-10-20(24)19(12-17)23(25,26)27;1-14-11-12-17-21-18(15(2)22(17)13-14)23(19(24)27-20(3,4)5)28(25,26)16-9-7-6-8-10-16;1-11-8-9-14-16-15(12(2)18(14)10-11)17-21(19,20)13-6-4-3-5-7-13;1-9-6-7-11-15-12(10(2)17(11)8-9)16-13(18)19-14(3,4)5;1-7-4-5-9-12-10(11(14)15-3)8(2)13(9)6-7;1-6-3-4-8-11-9(10(13)14)7(2)12(8)5-6;1-5-2-3-8-6(7)4-5;1-3(6)4(7)5(8)9-2/h3-13H,14H2,1-2H3;6-13H,1-5H3;3-10,17H,1-2H3;6-8H,1-5H3,(H,16,18);4-6H,1-3H3;3-5H,1-2H3,(H,13,14);2-4H,1H3,(H2,7,8);3H,1-2H3. The van der Waals surface area contributed by atoms with Gasteiger partial charge >= 0.3 is 36.3 Å². The molecule has 774 valence electrons. The molecule has 43 heteroatoms. The maximum atomic E-state index is 13.8. The molecule has 17 rings (SSSR count). The van der Waals surface area contributed by atoms with Crippen LogP contribution in [0.4, 0.5) is 56.2 Å². The first-order valence-corrected chi connectivity index (χ1v) is 50.4. The Morgan fingerprint density at radius 2 is 0.830 bits per heavy atom. The number of anilines is 5. The normalized spacial score (nSPS) is 11.6. The fourth-order valence-electron chi connectivity index (χ4n) is 14.1. The molecule has 0 aliphatic carbocycles. The summed E-state index contributed by atoms with van der Waals surface area (Å²) in [5.41, 5.74) is 18.5. The number of methoxy groups -OCH3 is 2. The minimum absolute atomic E-state index is 0.0173. The predicted octanol–water partition coefficient (Wildman–Crippen LogP) is 20.5. The van der Waals surface area contributed by atoms with Gasteiger partial charge in [0.05, 0.1) is 80.0 Å². The van der Waals surface area contributed by atoms with Crippen LogP contribution in [0.2, 0.25) is 0 Å². The maximum Gasteiger partial charge on any atom is 0.430 e. The van der Waals surface area contributed by atoms with E-state index in [9.17, 15) is 71.6 Å². The van der Waals surface area contributed by atoms with Crippen LogP contribution in [0.5, 0.6) is 0 Å². The van der Waals surface area contributed by atoms with Gasteiger partial charge in [0.25, 0.3) is 35.9 Å². The van der Waals surface area contributed by atoms with E-state index in [1.807, 2.05) is 207 Å². The van der Waals surface area contributed by atoms with Crippen LogP contribution in [0.1, 0.15) is 154 Å². The zero-order valence-corrected chi connectivity index (χ0v) is 88.7. The lowest BCUT2D eigenvalue weighted by Gasteiger charge is -2.26. The zero-order chi connectivity index (χ0) is 109. The number of nitrogens with zero attached hydrogens (tertiary/aromatic N) is 15. The van der Waals surface area contributed by atoms with Crippen molar-refractivity contribution in [3.05, 3.63) is 339 Å². The smallest absolute Gasteiger partial charge is 0.430 e. The maximum absolute atomic E-state index is 13.8. The SMILES string of the molecule is COC(=O)C(=O)C(C)Br.COC(=O)c1nc2ccc(C)cn2c1C.Cc1ccc2nc(C(=O)O)c(C)n2c1.Cc1ccc2nc(N(C(=O)OC(C)(C)C)S(=O)(=O)c3ccccc3)c(C)n2c1.Cc1ccc2nc(N(Cc3ccc(F)c(C(F)(F)F)c3)S(=O)(=O)c3ccccc3)c(C)n2c1.Cc1ccc2nc(NC(=O)OC(C)(C)C)c(C)n2c1.Cc1ccc2nc(NS(=O)(=O)c3ccccc3)c(C)n2c1.Cc1ccnc(N)c1. The summed E-state index contributed by atoms with van der Waals surface area (Å²) in [6.07, 6.45) is 6.65. The first kappa shape index (κ1) is 113. The number of nitrogen functional groups attached to an aromatic ring is 1. The molecule has 13 heterocycles. The third-order valence-electron chi connectivity index (χ3n) is 21.4. The number of carbonyl (C=O) groups excluding carboxylic acids is 5. The molecular formula is C104H113BrF4N18O17S3. The van der Waals surface area contributed by atoms with Crippen LogP contribution < -0.4 is 24.4 Å². The molecule has 35 nitrogen and oxygen atoms in total. The molecule has 17 aromatic rings. The number of halogens is 5. The number of nitrogens with two attached hydrogens (primary N) is 1. The number of hydrogen-bond donors (Lipinski definition) is 4. The Hall–Kier alpha value is -15.8. The highest BCUT2D eigenvalue weighted by Gasteiger charge is 2.40. The van der Waals surface area contributed by atoms with Gasteiger partial charge in [-0.15, -0.1) is 4.31 Å². The van der Waals surface area contributed by atoms with Crippen LogP contribution in [0.15, 0.2) is 252 Å². The van der Waals surface area contributed by atoms with Crippen molar-refractivity contribution in [3.63, 3.8) is 0 Å². The number of sulfonamides is 3. The highest BCUT2D eigenvalue weighted by Crippen LogP contribution is 2.36. The van der Waals surface area contributed by atoms with Gasteiger partial charge in [-0.3, -0.25) is 14.8 Å². The van der Waals surface area contributed by atoms with Crippen molar-refractivity contribution in [2.45, 2.75) is 182 Å². The second-order valence-electron chi connectivity index (χ2n) is 35.6. The van der Waals surface area contributed by atoms with Gasteiger partial charge < -0.3 is 56.2 Å². The number of rotatable bonds is 16. The Balaban J connectivity index is 0.000000178. The largest absolute Gasteiger partial charge is 0.476 e. The van der Waals surface area contributed by atoms with E-state index in [2.05, 4.69) is 70.3 Å². The third kappa shape index (κ3) is 28.9. The molecule has 0 saturated heterocycles. The summed E-state index contributed by atoms with van der Waals surface area (Å²) in [6, 6.07) is 52.2. The Morgan fingerprint density at radius 1 is 0.449 bits per heavy atom. The number of carboxylic acid groups (broad SMARTS) is 1. The van der Waals surface area contributed by atoms with Gasteiger partial charge in [-0.25, -0.2) is 92.8 Å². The lowest BCUT2D eigenvalue weighted by atomic mass is 10.1. The number of pyridine rings is 7. The lowest BCUT2D eigenvalue weighted by molar-refractivity contribution is -0.151. The molecule has 2 amide bonds. The molecule has 0 aliphatic rings. The van der Waals surface area contributed by atoms with E-state index in [-0.39, 0.29) is 37.6 Å². The first-order chi connectivity index (χ1) is 68.8. The van der Waals surface area contributed by atoms with Gasteiger partial charge in [-0.1, -0.05) is 113 Å². The minimum atomic E-state index is -4.92. The van der Waals surface area contributed by atoms with Crippen LogP contribution in [0.3, 0.4) is 0 Å². The molecule has 0 aliphatic heterocycles. The first-order valence-electron chi connectivity index (χ1n) is 45.2. The summed E-state index contributed by atoms with van der Waals surface area (Å²) in [5.74, 6) is -2.61. The quantitative estimate of drug-likeness (QED) is 0.0229. The zero-order valence-electron chi connectivity index (χ0n) is 84.7. The van der Waals surface area contributed by atoms with E-state index in [0.29, 0.717) is 79.3 Å². The summed E-state index contributed by atoms with van der Waals surface area (Å²) in [4.78, 5) is 97.1. The van der Waals surface area contributed by atoms with Crippen molar-refractivity contribution in [1.82, 2.24) is 61.3 Å². The van der Waals surface area contributed by atoms with Crippen LogP contribution in [0, 0.1) is 95.8 Å². The molecule has 5 N–H and O–H groups in total. The number of Topliss-reactive ketones (excluding diaryl/α,β-unsaturated/α-hetero) is 1. The molecule has 0 saturated carbocycles. The van der Waals surface area contributed by atoms with E-state index in [4.69, 9.17) is 20.3 Å². The van der Waals surface area contributed by atoms with Crippen molar-refractivity contribution in [2.24, 2.45) is 0 Å². The minimum Gasteiger partial charge on any atom is -0.476 e. The van der Waals surface area contributed by atoms with E-state index >= 15 is 0 Å². The second kappa shape index (κ2) is 47.4. The average Bonchev–Trinajstić information content (AvgIpc) is 1.68. The number of ketones is 1.